The Bertz CT molecular complexity index is 666. The minimum atomic E-state index is -0.00930. The van der Waals surface area contributed by atoms with Crippen molar-refractivity contribution in [3.05, 3.63) is 64.7 Å². The van der Waals surface area contributed by atoms with Crippen LogP contribution in [0.2, 0.25) is 0 Å². The SMILES string of the molecule is CCSc1ccccc1C(=O)N[C@@H](C)c1cc(C)ccc1C. The van der Waals surface area contributed by atoms with Crippen molar-refractivity contribution in [2.75, 3.05) is 5.75 Å². The molecule has 116 valence electrons. The van der Waals surface area contributed by atoms with Gasteiger partial charge in [0.25, 0.3) is 5.91 Å². The van der Waals surface area contributed by atoms with Gasteiger partial charge in [-0.15, -0.1) is 11.8 Å². The fourth-order valence-electron chi connectivity index (χ4n) is 2.51. The van der Waals surface area contributed by atoms with Gasteiger partial charge in [0.2, 0.25) is 0 Å². The minimum absolute atomic E-state index is 0.00733. The normalized spacial score (nSPS) is 12.0. The van der Waals surface area contributed by atoms with Gasteiger partial charge in [-0.2, -0.15) is 0 Å². The second-order valence-corrected chi connectivity index (χ2v) is 6.79. The van der Waals surface area contributed by atoms with Gasteiger partial charge in [-0.1, -0.05) is 42.8 Å². The first-order valence-corrected chi connectivity index (χ1v) is 8.61. The minimum Gasteiger partial charge on any atom is -0.345 e. The average molecular weight is 313 g/mol. The highest BCUT2D eigenvalue weighted by Crippen LogP contribution is 2.24. The zero-order chi connectivity index (χ0) is 16.1. The summed E-state index contributed by atoms with van der Waals surface area (Å²) < 4.78 is 0. The standard InChI is InChI=1S/C19H23NOS/c1-5-22-18-9-7-6-8-16(18)19(21)20-15(4)17-12-13(2)10-11-14(17)3/h6-12,15H,5H2,1-4H3,(H,20,21)/t15-/m0/s1. The van der Waals surface area contributed by atoms with Crippen LogP contribution in [0.4, 0.5) is 0 Å². The first kappa shape index (κ1) is 16.6. The van der Waals surface area contributed by atoms with E-state index in [1.54, 1.807) is 11.8 Å². The summed E-state index contributed by atoms with van der Waals surface area (Å²) in [7, 11) is 0. The van der Waals surface area contributed by atoms with Crippen molar-refractivity contribution in [3.8, 4) is 0 Å². The van der Waals surface area contributed by atoms with Crippen molar-refractivity contribution in [1.82, 2.24) is 5.32 Å². The number of rotatable bonds is 5. The van der Waals surface area contributed by atoms with Gasteiger partial charge >= 0.3 is 0 Å². The molecule has 2 rings (SSSR count). The maximum absolute atomic E-state index is 12.6. The van der Waals surface area contributed by atoms with Crippen LogP contribution in [0.25, 0.3) is 0 Å². The molecule has 2 aromatic carbocycles. The largest absolute Gasteiger partial charge is 0.345 e. The summed E-state index contributed by atoms with van der Waals surface area (Å²) in [5.41, 5.74) is 4.35. The van der Waals surface area contributed by atoms with Crippen LogP contribution in [-0.4, -0.2) is 11.7 Å². The number of carbonyl (C=O) groups excluding carboxylic acids is 1. The average Bonchev–Trinajstić information content (AvgIpc) is 2.50. The van der Waals surface area contributed by atoms with Crippen LogP contribution >= 0.6 is 11.8 Å². The molecule has 2 nitrogen and oxygen atoms in total. The molecule has 0 bridgehead atoms. The van der Waals surface area contributed by atoms with Crippen LogP contribution in [0.3, 0.4) is 0 Å². The molecule has 0 aliphatic rings. The fraction of sp³-hybridized carbons (Fsp3) is 0.316. The summed E-state index contributed by atoms with van der Waals surface area (Å²) in [5.74, 6) is 0.946. The van der Waals surface area contributed by atoms with Gasteiger partial charge in [0.05, 0.1) is 11.6 Å². The van der Waals surface area contributed by atoms with Gasteiger partial charge in [-0.25, -0.2) is 0 Å². The number of hydrogen-bond acceptors (Lipinski definition) is 2. The van der Waals surface area contributed by atoms with Gasteiger partial charge in [0.1, 0.15) is 0 Å². The van der Waals surface area contributed by atoms with Crippen LogP contribution in [0.15, 0.2) is 47.4 Å². The maximum Gasteiger partial charge on any atom is 0.252 e. The van der Waals surface area contributed by atoms with Crippen molar-refractivity contribution in [3.63, 3.8) is 0 Å². The molecule has 0 saturated heterocycles. The highest BCUT2D eigenvalue weighted by molar-refractivity contribution is 7.99. The number of aryl methyl sites for hydroxylation is 2. The molecule has 0 spiro atoms. The molecule has 0 radical (unpaired) electrons. The highest BCUT2D eigenvalue weighted by Gasteiger charge is 2.15. The Kier molecular flexibility index (Phi) is 5.67. The molecule has 0 heterocycles. The monoisotopic (exact) mass is 313 g/mol. The lowest BCUT2D eigenvalue weighted by molar-refractivity contribution is 0.0937. The Labute approximate surface area is 137 Å². The van der Waals surface area contributed by atoms with Crippen molar-refractivity contribution in [1.29, 1.82) is 0 Å². The Hall–Kier alpha value is -1.74. The molecule has 0 aromatic heterocycles. The zero-order valence-electron chi connectivity index (χ0n) is 13.6. The predicted octanol–water partition coefficient (Wildman–Crippen LogP) is 4.91. The van der Waals surface area contributed by atoms with E-state index in [1.807, 2.05) is 31.2 Å². The first-order chi connectivity index (χ1) is 10.5. The Morgan fingerprint density at radius 3 is 2.64 bits per heavy atom. The first-order valence-electron chi connectivity index (χ1n) is 7.62. The van der Waals surface area contributed by atoms with Gasteiger partial charge in [-0.3, -0.25) is 4.79 Å². The van der Waals surface area contributed by atoms with E-state index < -0.39 is 0 Å². The number of hydrogen-bond donors (Lipinski definition) is 1. The van der Waals surface area contributed by atoms with E-state index in [9.17, 15) is 4.79 Å². The number of carbonyl (C=O) groups is 1. The van der Waals surface area contributed by atoms with Gasteiger partial charge < -0.3 is 5.32 Å². The van der Waals surface area contributed by atoms with E-state index in [0.29, 0.717) is 0 Å². The van der Waals surface area contributed by atoms with Crippen LogP contribution in [-0.2, 0) is 0 Å². The van der Waals surface area contributed by atoms with Crippen LogP contribution < -0.4 is 5.32 Å². The lowest BCUT2D eigenvalue weighted by Gasteiger charge is -2.18. The van der Waals surface area contributed by atoms with Gasteiger partial charge in [-0.05, 0) is 49.8 Å². The second-order valence-electron chi connectivity index (χ2n) is 5.48. The molecule has 0 aliphatic carbocycles. The number of nitrogens with one attached hydrogen (secondary N) is 1. The molecule has 0 fully saturated rings. The summed E-state index contributed by atoms with van der Waals surface area (Å²) in [4.78, 5) is 13.6. The summed E-state index contributed by atoms with van der Waals surface area (Å²) in [5, 5.41) is 3.13. The number of amides is 1. The Balaban J connectivity index is 2.20. The molecule has 1 N–H and O–H groups in total. The topological polar surface area (TPSA) is 29.1 Å². The number of benzene rings is 2. The molecule has 1 atom stereocenters. The molecule has 1 amide bonds. The van der Waals surface area contributed by atoms with Gasteiger partial charge in [0.15, 0.2) is 0 Å². The Morgan fingerprint density at radius 2 is 1.91 bits per heavy atom. The van der Waals surface area contributed by atoms with E-state index in [4.69, 9.17) is 0 Å². The van der Waals surface area contributed by atoms with Crippen molar-refractivity contribution in [2.45, 2.75) is 38.6 Å². The van der Waals surface area contributed by atoms with E-state index >= 15 is 0 Å². The smallest absolute Gasteiger partial charge is 0.252 e. The van der Waals surface area contributed by atoms with Crippen LogP contribution in [0.1, 0.15) is 46.9 Å². The second kappa shape index (κ2) is 7.50. The molecule has 22 heavy (non-hydrogen) atoms. The molecule has 3 heteroatoms. The van der Waals surface area contributed by atoms with Gasteiger partial charge in [0, 0.05) is 4.90 Å². The van der Waals surface area contributed by atoms with E-state index in [-0.39, 0.29) is 11.9 Å². The summed E-state index contributed by atoms with van der Waals surface area (Å²) >= 11 is 1.70. The van der Waals surface area contributed by atoms with E-state index in [1.165, 1.54) is 16.7 Å². The highest BCUT2D eigenvalue weighted by atomic mass is 32.2. The Morgan fingerprint density at radius 1 is 1.18 bits per heavy atom. The molecular weight excluding hydrogens is 290 g/mol. The third-order valence-electron chi connectivity index (χ3n) is 3.68. The third-order valence-corrected chi connectivity index (χ3v) is 4.64. The lowest BCUT2D eigenvalue weighted by Crippen LogP contribution is -2.27. The van der Waals surface area contributed by atoms with E-state index in [0.717, 1.165) is 16.2 Å². The lowest BCUT2D eigenvalue weighted by atomic mass is 10.00. The molecule has 0 unspecified atom stereocenters. The van der Waals surface area contributed by atoms with Crippen LogP contribution in [0.5, 0.6) is 0 Å². The fourth-order valence-corrected chi connectivity index (χ4v) is 3.32. The molecular formula is C19H23NOS. The van der Waals surface area contributed by atoms with Crippen molar-refractivity contribution in [2.24, 2.45) is 0 Å². The summed E-state index contributed by atoms with van der Waals surface area (Å²) in [6, 6.07) is 14.1. The van der Waals surface area contributed by atoms with E-state index in [2.05, 4.69) is 44.3 Å². The van der Waals surface area contributed by atoms with Crippen LogP contribution in [0, 0.1) is 13.8 Å². The summed E-state index contributed by atoms with van der Waals surface area (Å²) in [6.07, 6.45) is 0. The quantitative estimate of drug-likeness (QED) is 0.795. The van der Waals surface area contributed by atoms with Crippen molar-refractivity contribution >= 4 is 17.7 Å². The predicted molar refractivity (Wildman–Crippen MR) is 94.6 cm³/mol. The third kappa shape index (κ3) is 3.92. The van der Waals surface area contributed by atoms with Crippen molar-refractivity contribution < 1.29 is 4.79 Å². The molecule has 0 saturated carbocycles. The molecule has 2 aromatic rings. The molecule has 0 aliphatic heterocycles. The zero-order valence-corrected chi connectivity index (χ0v) is 14.5. The number of thioether (sulfide) groups is 1. The summed E-state index contributed by atoms with van der Waals surface area (Å²) in [6.45, 7) is 8.29. The maximum atomic E-state index is 12.6.